The molecule has 0 amide bonds. The molecule has 4 heteroatoms. The Labute approximate surface area is 101 Å². The summed E-state index contributed by atoms with van der Waals surface area (Å²) in [4.78, 5) is 11.4. The lowest BCUT2D eigenvalue weighted by Gasteiger charge is -2.10. The summed E-state index contributed by atoms with van der Waals surface area (Å²) >= 11 is 0. The van der Waals surface area contributed by atoms with Gasteiger partial charge in [-0.05, 0) is 30.0 Å². The fraction of sp³-hybridized carbons (Fsp3) is 0.462. The van der Waals surface area contributed by atoms with Crippen molar-refractivity contribution in [3.8, 4) is 5.75 Å². The number of nitrogens with one attached hydrogen (secondary N) is 1. The van der Waals surface area contributed by atoms with Gasteiger partial charge >= 0.3 is 5.97 Å². The number of ether oxygens (including phenoxy) is 2. The summed E-state index contributed by atoms with van der Waals surface area (Å²) in [6.07, 6.45) is 0.778. The Morgan fingerprint density at radius 1 is 1.41 bits per heavy atom. The number of hydrogen-bond donors (Lipinski definition) is 1. The maximum atomic E-state index is 11.4. The monoisotopic (exact) mass is 235 g/mol. The van der Waals surface area contributed by atoms with Gasteiger partial charge in [-0.25, -0.2) is 0 Å². The summed E-state index contributed by atoms with van der Waals surface area (Å²) in [5.74, 6) is 1.01. The Hall–Kier alpha value is -1.55. The van der Waals surface area contributed by atoms with Gasteiger partial charge in [0.2, 0.25) is 0 Å². The van der Waals surface area contributed by atoms with Gasteiger partial charge in [-0.2, -0.15) is 0 Å². The van der Waals surface area contributed by atoms with Gasteiger partial charge in [0.1, 0.15) is 11.8 Å². The van der Waals surface area contributed by atoms with Crippen LogP contribution in [0.15, 0.2) is 24.3 Å². The van der Waals surface area contributed by atoms with E-state index in [1.54, 1.807) is 7.11 Å². The summed E-state index contributed by atoms with van der Waals surface area (Å²) in [5, 5.41) is 3.18. The van der Waals surface area contributed by atoms with E-state index in [9.17, 15) is 4.79 Å². The van der Waals surface area contributed by atoms with Crippen LogP contribution in [0.1, 0.15) is 17.9 Å². The lowest BCUT2D eigenvalue weighted by molar-refractivity contribution is -0.142. The highest BCUT2D eigenvalue weighted by Crippen LogP contribution is 2.28. The maximum absolute atomic E-state index is 11.4. The first-order chi connectivity index (χ1) is 8.24. The Kier molecular flexibility index (Phi) is 3.64. The molecular weight excluding hydrogens is 218 g/mol. The van der Waals surface area contributed by atoms with Crippen molar-refractivity contribution in [2.75, 3.05) is 20.8 Å². The van der Waals surface area contributed by atoms with Gasteiger partial charge in [0.05, 0.1) is 14.2 Å². The molecule has 1 N–H and O–H groups in total. The van der Waals surface area contributed by atoms with Crippen LogP contribution in [-0.4, -0.2) is 32.8 Å². The zero-order valence-electron chi connectivity index (χ0n) is 10.1. The number of carbonyl (C=O) groups is 1. The first-order valence-corrected chi connectivity index (χ1v) is 5.69. The van der Waals surface area contributed by atoms with Crippen molar-refractivity contribution in [1.29, 1.82) is 0 Å². The topological polar surface area (TPSA) is 47.6 Å². The van der Waals surface area contributed by atoms with Gasteiger partial charge in [-0.3, -0.25) is 4.79 Å². The quantitative estimate of drug-likeness (QED) is 0.803. The third-order valence-electron chi connectivity index (χ3n) is 3.18. The minimum atomic E-state index is -0.185. The fourth-order valence-electron chi connectivity index (χ4n) is 2.21. The van der Waals surface area contributed by atoms with E-state index < -0.39 is 0 Å². The Balaban J connectivity index is 2.07. The number of carbonyl (C=O) groups excluding carboxylic acids is 1. The fourth-order valence-corrected chi connectivity index (χ4v) is 2.21. The average molecular weight is 235 g/mol. The summed E-state index contributed by atoms with van der Waals surface area (Å²) < 4.78 is 9.93. The summed E-state index contributed by atoms with van der Waals surface area (Å²) in [5.41, 5.74) is 1.20. The molecule has 1 aliphatic heterocycles. The predicted molar refractivity (Wildman–Crippen MR) is 64.2 cm³/mol. The molecule has 4 nitrogen and oxygen atoms in total. The second kappa shape index (κ2) is 5.19. The molecule has 92 valence electrons. The van der Waals surface area contributed by atoms with Gasteiger partial charge in [0.25, 0.3) is 0 Å². The van der Waals surface area contributed by atoms with E-state index in [0.717, 1.165) is 18.7 Å². The van der Waals surface area contributed by atoms with Crippen LogP contribution in [0, 0.1) is 0 Å². The van der Waals surface area contributed by atoms with E-state index in [4.69, 9.17) is 9.47 Å². The molecule has 1 heterocycles. The molecule has 1 fully saturated rings. The van der Waals surface area contributed by atoms with Crippen LogP contribution in [0.25, 0.3) is 0 Å². The second-order valence-corrected chi connectivity index (χ2v) is 4.19. The Morgan fingerprint density at radius 2 is 2.24 bits per heavy atom. The zero-order chi connectivity index (χ0) is 12.3. The highest BCUT2D eigenvalue weighted by molar-refractivity contribution is 5.76. The third-order valence-corrected chi connectivity index (χ3v) is 3.18. The normalized spacial score (nSPS) is 23.4. The third kappa shape index (κ3) is 2.58. The minimum Gasteiger partial charge on any atom is -0.497 e. The number of esters is 1. The van der Waals surface area contributed by atoms with E-state index in [1.165, 1.54) is 12.7 Å². The molecule has 0 radical (unpaired) electrons. The van der Waals surface area contributed by atoms with Crippen molar-refractivity contribution in [3.63, 3.8) is 0 Å². The minimum absolute atomic E-state index is 0.184. The van der Waals surface area contributed by atoms with Crippen LogP contribution >= 0.6 is 0 Å². The number of hydrogen-bond acceptors (Lipinski definition) is 4. The lowest BCUT2D eigenvalue weighted by Crippen LogP contribution is -2.31. The van der Waals surface area contributed by atoms with E-state index >= 15 is 0 Å². The SMILES string of the molecule is COC(=O)C1CC(c2cccc(OC)c2)CN1. The summed E-state index contributed by atoms with van der Waals surface area (Å²) in [7, 11) is 3.08. The molecule has 0 aliphatic carbocycles. The van der Waals surface area contributed by atoms with Gasteiger partial charge < -0.3 is 14.8 Å². The second-order valence-electron chi connectivity index (χ2n) is 4.19. The first-order valence-electron chi connectivity index (χ1n) is 5.69. The van der Waals surface area contributed by atoms with Crippen molar-refractivity contribution in [2.24, 2.45) is 0 Å². The van der Waals surface area contributed by atoms with Crippen molar-refractivity contribution in [2.45, 2.75) is 18.4 Å². The van der Waals surface area contributed by atoms with Crippen LogP contribution < -0.4 is 10.1 Å². The van der Waals surface area contributed by atoms with E-state index in [-0.39, 0.29) is 12.0 Å². The van der Waals surface area contributed by atoms with Gasteiger partial charge in [0, 0.05) is 6.54 Å². The highest BCUT2D eigenvalue weighted by atomic mass is 16.5. The van der Waals surface area contributed by atoms with Crippen LogP contribution in [0.3, 0.4) is 0 Å². The molecular formula is C13H17NO3. The smallest absolute Gasteiger partial charge is 0.322 e. The highest BCUT2D eigenvalue weighted by Gasteiger charge is 2.30. The number of rotatable bonds is 3. The van der Waals surface area contributed by atoms with Crippen LogP contribution in [0.5, 0.6) is 5.75 Å². The van der Waals surface area contributed by atoms with Gasteiger partial charge in [-0.1, -0.05) is 12.1 Å². The van der Waals surface area contributed by atoms with Gasteiger partial charge in [0.15, 0.2) is 0 Å². The summed E-state index contributed by atoms with van der Waals surface area (Å²) in [6.45, 7) is 0.799. The first kappa shape index (κ1) is 11.9. The standard InChI is InChI=1S/C13H17NO3/c1-16-11-5-3-4-9(6-11)10-7-12(14-8-10)13(15)17-2/h3-6,10,12,14H,7-8H2,1-2H3. The molecule has 0 bridgehead atoms. The van der Waals surface area contributed by atoms with Crippen molar-refractivity contribution in [3.05, 3.63) is 29.8 Å². The molecule has 1 saturated heterocycles. The molecule has 0 saturated carbocycles. The molecule has 0 aromatic heterocycles. The van der Waals surface area contributed by atoms with Crippen molar-refractivity contribution in [1.82, 2.24) is 5.32 Å². The van der Waals surface area contributed by atoms with Crippen molar-refractivity contribution >= 4 is 5.97 Å². The number of benzene rings is 1. The van der Waals surface area contributed by atoms with Crippen LogP contribution in [-0.2, 0) is 9.53 Å². The predicted octanol–water partition coefficient (Wildman–Crippen LogP) is 1.31. The molecule has 2 atom stereocenters. The van der Waals surface area contributed by atoms with E-state index in [2.05, 4.69) is 11.4 Å². The van der Waals surface area contributed by atoms with Crippen LogP contribution in [0.4, 0.5) is 0 Å². The summed E-state index contributed by atoms with van der Waals surface area (Å²) in [6, 6.07) is 7.79. The van der Waals surface area contributed by atoms with Gasteiger partial charge in [-0.15, -0.1) is 0 Å². The molecule has 0 spiro atoms. The molecule has 1 aromatic carbocycles. The molecule has 1 aromatic rings. The molecule has 2 unspecified atom stereocenters. The van der Waals surface area contributed by atoms with E-state index in [1.807, 2.05) is 18.2 Å². The number of methoxy groups -OCH3 is 2. The van der Waals surface area contributed by atoms with Crippen molar-refractivity contribution < 1.29 is 14.3 Å². The Bertz CT molecular complexity index is 405. The lowest BCUT2D eigenvalue weighted by atomic mass is 9.96. The largest absolute Gasteiger partial charge is 0.497 e. The molecule has 2 rings (SSSR count). The molecule has 17 heavy (non-hydrogen) atoms. The van der Waals surface area contributed by atoms with Crippen LogP contribution in [0.2, 0.25) is 0 Å². The zero-order valence-corrected chi connectivity index (χ0v) is 10.1. The molecule has 1 aliphatic rings. The maximum Gasteiger partial charge on any atom is 0.322 e. The average Bonchev–Trinajstić information content (AvgIpc) is 2.87. The van der Waals surface area contributed by atoms with E-state index in [0.29, 0.717) is 5.92 Å². The Morgan fingerprint density at radius 3 is 2.94 bits per heavy atom.